The highest BCUT2D eigenvalue weighted by Gasteiger charge is 2.37. The molecule has 0 aliphatic heterocycles. The Morgan fingerprint density at radius 3 is 2.54 bits per heavy atom. The largest absolute Gasteiger partial charge is 0.493 e. The van der Waals surface area contributed by atoms with Crippen LogP contribution in [0.1, 0.15) is 38.2 Å². The SMILES string of the molecule is COc1cc(Br)c(CNC(=O)C2CCCCC2(C)N)cc1OC.Cl. The molecule has 0 bridgehead atoms. The quantitative estimate of drug-likeness (QED) is 0.764. The Hall–Kier alpha value is -0.980. The van der Waals surface area contributed by atoms with Crippen molar-refractivity contribution in [3.63, 3.8) is 0 Å². The van der Waals surface area contributed by atoms with E-state index in [1.807, 2.05) is 19.1 Å². The molecule has 0 spiro atoms. The second-order valence-electron chi connectivity index (χ2n) is 6.32. The molecule has 1 amide bonds. The molecule has 0 saturated heterocycles. The highest BCUT2D eigenvalue weighted by molar-refractivity contribution is 9.10. The molecule has 2 unspecified atom stereocenters. The predicted octanol–water partition coefficient (Wildman–Crippen LogP) is 3.41. The van der Waals surface area contributed by atoms with Gasteiger partial charge in [-0.05, 0) is 37.5 Å². The van der Waals surface area contributed by atoms with Gasteiger partial charge in [-0.3, -0.25) is 4.79 Å². The fraction of sp³-hybridized carbons (Fsp3) is 0.588. The van der Waals surface area contributed by atoms with Gasteiger partial charge < -0.3 is 20.5 Å². The number of benzene rings is 1. The summed E-state index contributed by atoms with van der Waals surface area (Å²) in [4.78, 5) is 12.5. The number of halogens is 2. The Morgan fingerprint density at radius 2 is 1.96 bits per heavy atom. The van der Waals surface area contributed by atoms with Gasteiger partial charge in [0.15, 0.2) is 11.5 Å². The van der Waals surface area contributed by atoms with E-state index in [4.69, 9.17) is 15.2 Å². The molecule has 2 rings (SSSR count). The van der Waals surface area contributed by atoms with E-state index in [-0.39, 0.29) is 24.2 Å². The third-order valence-electron chi connectivity index (χ3n) is 4.58. The average molecular weight is 422 g/mol. The standard InChI is InChI=1S/C17H25BrN2O3.ClH/c1-17(19)7-5-4-6-12(17)16(21)20-10-11-8-14(22-2)15(23-3)9-13(11)18;/h8-9,12H,4-7,10,19H2,1-3H3,(H,20,21);1H. The van der Waals surface area contributed by atoms with Crippen molar-refractivity contribution in [1.82, 2.24) is 5.32 Å². The van der Waals surface area contributed by atoms with Gasteiger partial charge in [0.25, 0.3) is 0 Å². The number of amides is 1. The molecule has 2 atom stereocenters. The van der Waals surface area contributed by atoms with Gasteiger partial charge in [-0.2, -0.15) is 0 Å². The lowest BCUT2D eigenvalue weighted by Gasteiger charge is -2.37. The molecule has 5 nitrogen and oxygen atoms in total. The molecule has 7 heteroatoms. The van der Waals surface area contributed by atoms with Crippen LogP contribution in [0.4, 0.5) is 0 Å². The van der Waals surface area contributed by atoms with Crippen molar-refractivity contribution in [1.29, 1.82) is 0 Å². The molecule has 1 aliphatic carbocycles. The summed E-state index contributed by atoms with van der Waals surface area (Å²) in [6.45, 7) is 2.40. The zero-order valence-electron chi connectivity index (χ0n) is 14.4. The van der Waals surface area contributed by atoms with E-state index in [9.17, 15) is 4.79 Å². The van der Waals surface area contributed by atoms with Crippen LogP contribution in [-0.4, -0.2) is 25.7 Å². The van der Waals surface area contributed by atoms with E-state index >= 15 is 0 Å². The molecular formula is C17H26BrClN2O3. The zero-order valence-corrected chi connectivity index (χ0v) is 16.8. The number of rotatable bonds is 5. The van der Waals surface area contributed by atoms with Crippen LogP contribution in [-0.2, 0) is 11.3 Å². The number of carbonyl (C=O) groups excluding carboxylic acids is 1. The number of carbonyl (C=O) groups is 1. The van der Waals surface area contributed by atoms with Crippen molar-refractivity contribution in [2.24, 2.45) is 11.7 Å². The molecule has 0 aromatic heterocycles. The van der Waals surface area contributed by atoms with Crippen LogP contribution in [0.15, 0.2) is 16.6 Å². The smallest absolute Gasteiger partial charge is 0.225 e. The summed E-state index contributed by atoms with van der Waals surface area (Å²) in [5.74, 6) is 1.18. The van der Waals surface area contributed by atoms with Crippen LogP contribution < -0.4 is 20.5 Å². The van der Waals surface area contributed by atoms with E-state index in [1.165, 1.54) is 0 Å². The van der Waals surface area contributed by atoms with Gasteiger partial charge in [-0.1, -0.05) is 28.8 Å². The summed E-state index contributed by atoms with van der Waals surface area (Å²) < 4.78 is 11.4. The van der Waals surface area contributed by atoms with Crippen LogP contribution in [0, 0.1) is 5.92 Å². The molecule has 1 aliphatic rings. The van der Waals surface area contributed by atoms with E-state index in [0.717, 1.165) is 35.7 Å². The predicted molar refractivity (Wildman–Crippen MR) is 101 cm³/mol. The molecule has 136 valence electrons. The maximum absolute atomic E-state index is 12.5. The Balaban J connectivity index is 0.00000288. The highest BCUT2D eigenvalue weighted by Crippen LogP contribution is 2.34. The summed E-state index contributed by atoms with van der Waals surface area (Å²) >= 11 is 3.51. The summed E-state index contributed by atoms with van der Waals surface area (Å²) in [5.41, 5.74) is 6.81. The van der Waals surface area contributed by atoms with Gasteiger partial charge in [0.05, 0.1) is 20.1 Å². The minimum absolute atomic E-state index is 0. The van der Waals surface area contributed by atoms with Crippen molar-refractivity contribution >= 4 is 34.2 Å². The van der Waals surface area contributed by atoms with Gasteiger partial charge in [-0.25, -0.2) is 0 Å². The molecule has 0 heterocycles. The molecular weight excluding hydrogens is 396 g/mol. The number of ether oxygens (including phenoxy) is 2. The normalized spacial score (nSPS) is 23.1. The van der Waals surface area contributed by atoms with Crippen molar-refractivity contribution in [3.8, 4) is 11.5 Å². The van der Waals surface area contributed by atoms with Crippen molar-refractivity contribution < 1.29 is 14.3 Å². The van der Waals surface area contributed by atoms with E-state index in [0.29, 0.717) is 18.0 Å². The Labute approximate surface area is 158 Å². The van der Waals surface area contributed by atoms with Gasteiger partial charge in [0.2, 0.25) is 5.91 Å². The summed E-state index contributed by atoms with van der Waals surface area (Å²) in [6, 6.07) is 3.71. The van der Waals surface area contributed by atoms with E-state index in [2.05, 4.69) is 21.2 Å². The maximum Gasteiger partial charge on any atom is 0.225 e. The third-order valence-corrected chi connectivity index (χ3v) is 5.31. The van der Waals surface area contributed by atoms with Gasteiger partial charge >= 0.3 is 0 Å². The Kier molecular flexibility index (Phi) is 7.83. The van der Waals surface area contributed by atoms with Crippen molar-refractivity contribution in [2.45, 2.75) is 44.7 Å². The zero-order chi connectivity index (χ0) is 17.0. The monoisotopic (exact) mass is 420 g/mol. The molecule has 24 heavy (non-hydrogen) atoms. The minimum atomic E-state index is -0.419. The van der Waals surface area contributed by atoms with Gasteiger partial charge in [0, 0.05) is 16.6 Å². The fourth-order valence-corrected chi connectivity index (χ4v) is 3.59. The fourth-order valence-electron chi connectivity index (χ4n) is 3.13. The second kappa shape index (κ2) is 8.92. The van der Waals surface area contributed by atoms with Crippen molar-refractivity contribution in [2.75, 3.05) is 14.2 Å². The summed E-state index contributed by atoms with van der Waals surface area (Å²) in [7, 11) is 3.19. The van der Waals surface area contributed by atoms with Crippen LogP contribution in [0.25, 0.3) is 0 Å². The van der Waals surface area contributed by atoms with Crippen LogP contribution in [0.2, 0.25) is 0 Å². The van der Waals surface area contributed by atoms with E-state index < -0.39 is 5.54 Å². The van der Waals surface area contributed by atoms with Crippen LogP contribution in [0.5, 0.6) is 11.5 Å². The molecule has 0 radical (unpaired) electrons. The van der Waals surface area contributed by atoms with Crippen molar-refractivity contribution in [3.05, 3.63) is 22.2 Å². The van der Waals surface area contributed by atoms with Gasteiger partial charge in [0.1, 0.15) is 0 Å². The number of hydrogen-bond acceptors (Lipinski definition) is 4. The second-order valence-corrected chi connectivity index (χ2v) is 7.17. The van der Waals surface area contributed by atoms with Crippen LogP contribution in [0.3, 0.4) is 0 Å². The molecule has 1 aromatic rings. The first-order valence-corrected chi connectivity index (χ1v) is 8.65. The first kappa shape index (κ1) is 21.1. The molecule has 1 saturated carbocycles. The lowest BCUT2D eigenvalue weighted by Crippen LogP contribution is -2.52. The lowest BCUT2D eigenvalue weighted by atomic mass is 9.74. The molecule has 1 aromatic carbocycles. The average Bonchev–Trinajstić information content (AvgIpc) is 2.52. The first-order chi connectivity index (χ1) is 10.9. The minimum Gasteiger partial charge on any atom is -0.493 e. The summed E-state index contributed by atoms with van der Waals surface area (Å²) in [6.07, 6.45) is 3.90. The lowest BCUT2D eigenvalue weighted by molar-refractivity contribution is -0.128. The van der Waals surface area contributed by atoms with Crippen LogP contribution >= 0.6 is 28.3 Å². The third kappa shape index (κ3) is 4.77. The topological polar surface area (TPSA) is 73.6 Å². The van der Waals surface area contributed by atoms with Gasteiger partial charge in [-0.15, -0.1) is 12.4 Å². The number of nitrogens with two attached hydrogens (primary N) is 1. The highest BCUT2D eigenvalue weighted by atomic mass is 79.9. The maximum atomic E-state index is 12.5. The number of nitrogens with one attached hydrogen (secondary N) is 1. The molecule has 1 fully saturated rings. The Bertz CT molecular complexity index is 581. The molecule has 3 N–H and O–H groups in total. The van der Waals surface area contributed by atoms with E-state index in [1.54, 1.807) is 14.2 Å². The summed E-state index contributed by atoms with van der Waals surface area (Å²) in [5, 5.41) is 3.01. The number of methoxy groups -OCH3 is 2. The first-order valence-electron chi connectivity index (χ1n) is 7.86. The Morgan fingerprint density at radius 1 is 1.33 bits per heavy atom. The number of hydrogen-bond donors (Lipinski definition) is 2.